The molecule has 1 unspecified atom stereocenters. The molecular weight excluding hydrogens is 328 g/mol. The summed E-state index contributed by atoms with van der Waals surface area (Å²) in [5.74, 6) is 0. The zero-order valence-corrected chi connectivity index (χ0v) is 12.4. The van der Waals surface area contributed by atoms with E-state index in [1.165, 1.54) is 21.9 Å². The molecule has 0 nitrogen and oxygen atoms in total. The summed E-state index contributed by atoms with van der Waals surface area (Å²) in [5.41, 5.74) is 2.83. The molecule has 2 rings (SSSR count). The zero-order valence-electron chi connectivity index (χ0n) is 9.21. The molecule has 0 heterocycles. The Morgan fingerprint density at radius 1 is 1.12 bits per heavy atom. The van der Waals surface area contributed by atoms with Gasteiger partial charge < -0.3 is 0 Å². The summed E-state index contributed by atoms with van der Waals surface area (Å²) < 4.78 is 0. The van der Waals surface area contributed by atoms with Crippen LogP contribution in [0.5, 0.6) is 0 Å². The lowest BCUT2D eigenvalue weighted by atomic mass is 9.98. The smallest absolute Gasteiger partial charge is 0.0370 e. The van der Waals surface area contributed by atoms with E-state index in [9.17, 15) is 0 Å². The number of alkyl halides is 2. The van der Waals surface area contributed by atoms with E-state index in [2.05, 4.69) is 75.2 Å². The number of hydrogen-bond donors (Lipinski definition) is 0. The van der Waals surface area contributed by atoms with Crippen LogP contribution in [0.25, 0.3) is 10.8 Å². The van der Waals surface area contributed by atoms with Crippen molar-refractivity contribution in [3.63, 3.8) is 0 Å². The lowest BCUT2D eigenvalue weighted by molar-refractivity contribution is 1.05. The molecule has 0 aliphatic heterocycles. The van der Waals surface area contributed by atoms with Gasteiger partial charge in [0.15, 0.2) is 0 Å². The molecule has 0 aromatic heterocycles. The second-order valence-electron chi connectivity index (χ2n) is 3.95. The average molecular weight is 342 g/mol. The van der Waals surface area contributed by atoms with Crippen LogP contribution in [0, 0.1) is 0 Å². The summed E-state index contributed by atoms with van der Waals surface area (Å²) >= 11 is 7.19. The first-order chi connectivity index (χ1) is 7.72. The van der Waals surface area contributed by atoms with Crippen molar-refractivity contribution in [2.45, 2.75) is 18.2 Å². The van der Waals surface area contributed by atoms with Gasteiger partial charge in [-0.15, -0.1) is 0 Å². The first-order valence-electron chi connectivity index (χ1n) is 5.44. The van der Waals surface area contributed by atoms with Gasteiger partial charge in [0.05, 0.1) is 0 Å². The molecule has 1 atom stereocenters. The minimum absolute atomic E-state index is 0.408. The summed E-state index contributed by atoms with van der Waals surface area (Å²) in [6.45, 7) is 2.18. The van der Waals surface area contributed by atoms with Crippen LogP contribution >= 0.6 is 31.9 Å². The van der Waals surface area contributed by atoms with Gasteiger partial charge in [0.1, 0.15) is 0 Å². The lowest BCUT2D eigenvalue weighted by Gasteiger charge is -2.12. The van der Waals surface area contributed by atoms with E-state index in [0.29, 0.717) is 4.83 Å². The van der Waals surface area contributed by atoms with Crippen molar-refractivity contribution < 1.29 is 0 Å². The van der Waals surface area contributed by atoms with Crippen molar-refractivity contribution in [2.24, 2.45) is 0 Å². The van der Waals surface area contributed by atoms with Crippen molar-refractivity contribution in [2.75, 3.05) is 5.33 Å². The van der Waals surface area contributed by atoms with Crippen LogP contribution in [0.3, 0.4) is 0 Å². The summed E-state index contributed by atoms with van der Waals surface area (Å²) in [7, 11) is 0. The highest BCUT2D eigenvalue weighted by atomic mass is 79.9. The van der Waals surface area contributed by atoms with Gasteiger partial charge in [-0.2, -0.15) is 0 Å². The van der Waals surface area contributed by atoms with Gasteiger partial charge in [0, 0.05) is 10.2 Å². The zero-order chi connectivity index (χ0) is 11.5. The Morgan fingerprint density at radius 2 is 1.75 bits per heavy atom. The maximum atomic E-state index is 3.67. The normalized spacial score (nSPS) is 12.9. The summed E-state index contributed by atoms with van der Waals surface area (Å²) in [5, 5.41) is 3.66. The predicted octanol–water partition coefficient (Wildman–Crippen LogP) is 5.23. The van der Waals surface area contributed by atoms with E-state index in [1.807, 2.05) is 0 Å². The van der Waals surface area contributed by atoms with Crippen LogP contribution in [-0.4, -0.2) is 5.33 Å². The van der Waals surface area contributed by atoms with Crippen LogP contribution in [0.1, 0.15) is 22.9 Å². The Hall–Kier alpha value is -0.340. The van der Waals surface area contributed by atoms with E-state index in [4.69, 9.17) is 0 Å². The minimum atomic E-state index is 0.408. The van der Waals surface area contributed by atoms with Crippen LogP contribution in [0.2, 0.25) is 0 Å². The number of rotatable bonds is 3. The molecule has 0 N–H and O–H groups in total. The molecule has 0 spiro atoms. The van der Waals surface area contributed by atoms with Gasteiger partial charge in [-0.25, -0.2) is 0 Å². The van der Waals surface area contributed by atoms with Crippen LogP contribution in [-0.2, 0) is 6.42 Å². The Kier molecular flexibility index (Phi) is 4.04. The highest BCUT2D eigenvalue weighted by Crippen LogP contribution is 2.30. The number of benzene rings is 2. The lowest BCUT2D eigenvalue weighted by Crippen LogP contribution is -1.96. The quantitative estimate of drug-likeness (QED) is 0.670. The maximum Gasteiger partial charge on any atom is 0.0370 e. The molecule has 2 heteroatoms. The second-order valence-corrected chi connectivity index (χ2v) is 6.12. The standard InChI is InChI=1S/C14H14Br2/c1-10(16)14-9-12-5-3-2-4-11(12)8-13(14)6-7-15/h2-5,8-10H,6-7H2,1H3. The molecule has 0 saturated heterocycles. The summed E-state index contributed by atoms with van der Waals surface area (Å²) in [4.78, 5) is 0.408. The number of hydrogen-bond acceptors (Lipinski definition) is 0. The number of fused-ring (bicyclic) bond motifs is 1. The molecule has 0 aliphatic rings. The van der Waals surface area contributed by atoms with Gasteiger partial charge >= 0.3 is 0 Å². The van der Waals surface area contributed by atoms with Crippen molar-refractivity contribution in [3.05, 3.63) is 47.5 Å². The molecular formula is C14H14Br2. The van der Waals surface area contributed by atoms with E-state index in [-0.39, 0.29) is 0 Å². The van der Waals surface area contributed by atoms with Gasteiger partial charge in [0.25, 0.3) is 0 Å². The third kappa shape index (κ3) is 2.49. The Morgan fingerprint density at radius 3 is 2.31 bits per heavy atom. The van der Waals surface area contributed by atoms with Gasteiger partial charge in [-0.05, 0) is 41.3 Å². The fraction of sp³-hybridized carbons (Fsp3) is 0.286. The third-order valence-electron chi connectivity index (χ3n) is 2.80. The SMILES string of the molecule is CC(Br)c1cc2ccccc2cc1CCBr. The van der Waals surface area contributed by atoms with Crippen LogP contribution < -0.4 is 0 Å². The fourth-order valence-corrected chi connectivity index (χ4v) is 2.85. The van der Waals surface area contributed by atoms with Crippen LogP contribution in [0.4, 0.5) is 0 Å². The van der Waals surface area contributed by atoms with Gasteiger partial charge in [-0.3, -0.25) is 0 Å². The first kappa shape index (κ1) is 12.1. The van der Waals surface area contributed by atoms with Gasteiger partial charge in [-0.1, -0.05) is 62.2 Å². The van der Waals surface area contributed by atoms with Crippen molar-refractivity contribution in [1.82, 2.24) is 0 Å². The van der Waals surface area contributed by atoms with E-state index in [0.717, 1.165) is 11.8 Å². The van der Waals surface area contributed by atoms with Crippen LogP contribution in [0.15, 0.2) is 36.4 Å². The minimum Gasteiger partial charge on any atom is -0.0924 e. The van der Waals surface area contributed by atoms with E-state index < -0.39 is 0 Å². The Balaban J connectivity index is 2.61. The fourth-order valence-electron chi connectivity index (χ4n) is 1.99. The molecule has 16 heavy (non-hydrogen) atoms. The topological polar surface area (TPSA) is 0 Å². The van der Waals surface area contributed by atoms with Crippen molar-refractivity contribution in [1.29, 1.82) is 0 Å². The summed E-state index contributed by atoms with van der Waals surface area (Å²) in [6, 6.07) is 13.1. The average Bonchev–Trinajstić information content (AvgIpc) is 2.28. The monoisotopic (exact) mass is 340 g/mol. The first-order valence-corrected chi connectivity index (χ1v) is 7.47. The highest BCUT2D eigenvalue weighted by Gasteiger charge is 2.08. The van der Waals surface area contributed by atoms with Crippen molar-refractivity contribution in [3.8, 4) is 0 Å². The maximum absolute atomic E-state index is 3.67. The Bertz CT molecular complexity index is 489. The predicted molar refractivity (Wildman–Crippen MR) is 78.8 cm³/mol. The van der Waals surface area contributed by atoms with E-state index >= 15 is 0 Å². The van der Waals surface area contributed by atoms with Crippen molar-refractivity contribution >= 4 is 42.6 Å². The van der Waals surface area contributed by atoms with Gasteiger partial charge in [0.2, 0.25) is 0 Å². The molecule has 2 aromatic carbocycles. The summed E-state index contributed by atoms with van der Waals surface area (Å²) in [6.07, 6.45) is 1.08. The Labute approximate surface area is 113 Å². The molecule has 0 bridgehead atoms. The molecule has 84 valence electrons. The van der Waals surface area contributed by atoms with E-state index in [1.54, 1.807) is 0 Å². The number of aryl methyl sites for hydroxylation is 1. The molecule has 0 aliphatic carbocycles. The molecule has 0 saturated carbocycles. The highest BCUT2D eigenvalue weighted by molar-refractivity contribution is 9.09. The number of halogens is 2. The molecule has 2 aromatic rings. The molecule has 0 radical (unpaired) electrons. The second kappa shape index (κ2) is 5.33. The molecule has 0 fully saturated rings. The largest absolute Gasteiger partial charge is 0.0924 e. The molecule has 0 amide bonds. The third-order valence-corrected chi connectivity index (χ3v) is 3.69.